The highest BCUT2D eigenvalue weighted by atomic mass is 16.2. The second-order valence-electron chi connectivity index (χ2n) is 6.49. The Hall–Kier alpha value is -0.570. The van der Waals surface area contributed by atoms with Gasteiger partial charge in [-0.25, -0.2) is 0 Å². The van der Waals surface area contributed by atoms with E-state index in [1.54, 1.807) is 0 Å². The summed E-state index contributed by atoms with van der Waals surface area (Å²) < 4.78 is 0. The molecule has 2 N–H and O–H groups in total. The Kier molecular flexibility index (Phi) is 5.64. The van der Waals surface area contributed by atoms with E-state index in [-0.39, 0.29) is 18.0 Å². The molecule has 0 bridgehead atoms. The molecule has 0 heterocycles. The number of hydrogen-bond acceptors (Lipinski definition) is 2. The zero-order valence-electron chi connectivity index (χ0n) is 12.7. The summed E-state index contributed by atoms with van der Waals surface area (Å²) in [5.74, 6) is 0.130. The molecule has 1 saturated carbocycles. The SMILES string of the molecule is CCC(C)NC(=O)C(C)NC1CCCCC1(C)C. The van der Waals surface area contributed by atoms with Gasteiger partial charge in [0.15, 0.2) is 0 Å². The van der Waals surface area contributed by atoms with Gasteiger partial charge in [-0.05, 0) is 38.5 Å². The van der Waals surface area contributed by atoms with Crippen LogP contribution in [0.2, 0.25) is 0 Å². The van der Waals surface area contributed by atoms with Crippen LogP contribution in [0.4, 0.5) is 0 Å². The zero-order chi connectivity index (χ0) is 13.8. The lowest BCUT2D eigenvalue weighted by atomic mass is 9.73. The Morgan fingerprint density at radius 2 is 2.00 bits per heavy atom. The molecule has 0 saturated heterocycles. The Labute approximate surface area is 112 Å². The van der Waals surface area contributed by atoms with E-state index in [1.165, 1.54) is 25.7 Å². The van der Waals surface area contributed by atoms with Gasteiger partial charge < -0.3 is 10.6 Å². The minimum absolute atomic E-state index is 0.0959. The lowest BCUT2D eigenvalue weighted by molar-refractivity contribution is -0.123. The van der Waals surface area contributed by atoms with Crippen LogP contribution < -0.4 is 10.6 Å². The summed E-state index contributed by atoms with van der Waals surface area (Å²) in [4.78, 5) is 12.0. The van der Waals surface area contributed by atoms with Gasteiger partial charge in [-0.2, -0.15) is 0 Å². The van der Waals surface area contributed by atoms with Gasteiger partial charge in [0.05, 0.1) is 6.04 Å². The molecule has 3 atom stereocenters. The largest absolute Gasteiger partial charge is 0.352 e. The molecule has 0 aromatic carbocycles. The van der Waals surface area contributed by atoms with Crippen molar-refractivity contribution in [1.82, 2.24) is 10.6 Å². The van der Waals surface area contributed by atoms with Crippen LogP contribution in [0.1, 0.15) is 66.7 Å². The van der Waals surface area contributed by atoms with Crippen molar-refractivity contribution in [1.29, 1.82) is 0 Å². The summed E-state index contributed by atoms with van der Waals surface area (Å²) in [5.41, 5.74) is 0.309. The van der Waals surface area contributed by atoms with Crippen molar-refractivity contribution in [2.75, 3.05) is 0 Å². The monoisotopic (exact) mass is 254 g/mol. The Morgan fingerprint density at radius 1 is 1.33 bits per heavy atom. The van der Waals surface area contributed by atoms with E-state index < -0.39 is 0 Å². The molecule has 0 radical (unpaired) electrons. The van der Waals surface area contributed by atoms with E-state index in [0.29, 0.717) is 11.5 Å². The van der Waals surface area contributed by atoms with Crippen molar-refractivity contribution in [3.05, 3.63) is 0 Å². The molecular weight excluding hydrogens is 224 g/mol. The molecular formula is C15H30N2O. The molecule has 1 aliphatic rings. The van der Waals surface area contributed by atoms with Crippen LogP contribution in [0.15, 0.2) is 0 Å². The molecule has 18 heavy (non-hydrogen) atoms. The first-order valence-corrected chi connectivity index (χ1v) is 7.43. The highest BCUT2D eigenvalue weighted by molar-refractivity contribution is 5.81. The smallest absolute Gasteiger partial charge is 0.237 e. The van der Waals surface area contributed by atoms with Crippen LogP contribution in [-0.2, 0) is 4.79 Å². The molecule has 1 rings (SSSR count). The van der Waals surface area contributed by atoms with Crippen LogP contribution in [-0.4, -0.2) is 24.0 Å². The Morgan fingerprint density at radius 3 is 2.56 bits per heavy atom. The van der Waals surface area contributed by atoms with Gasteiger partial charge in [-0.15, -0.1) is 0 Å². The second kappa shape index (κ2) is 6.55. The van der Waals surface area contributed by atoms with Crippen LogP contribution in [0.5, 0.6) is 0 Å². The van der Waals surface area contributed by atoms with Crippen molar-refractivity contribution in [2.45, 2.75) is 84.8 Å². The third-order valence-electron chi connectivity index (χ3n) is 4.35. The highest BCUT2D eigenvalue weighted by Crippen LogP contribution is 2.35. The molecule has 0 aliphatic heterocycles. The first-order valence-electron chi connectivity index (χ1n) is 7.43. The Balaban J connectivity index is 2.47. The van der Waals surface area contributed by atoms with Gasteiger partial charge in [-0.3, -0.25) is 4.79 Å². The van der Waals surface area contributed by atoms with Crippen molar-refractivity contribution in [2.24, 2.45) is 5.41 Å². The standard InChI is InChI=1S/C15H30N2O/c1-6-11(2)16-14(18)12(3)17-13-9-7-8-10-15(13,4)5/h11-13,17H,6-10H2,1-5H3,(H,16,18). The Bertz CT molecular complexity index is 276. The fraction of sp³-hybridized carbons (Fsp3) is 0.933. The molecule has 1 amide bonds. The molecule has 0 spiro atoms. The zero-order valence-corrected chi connectivity index (χ0v) is 12.7. The van der Waals surface area contributed by atoms with E-state index in [2.05, 4.69) is 38.3 Å². The first kappa shape index (κ1) is 15.5. The molecule has 3 nitrogen and oxygen atoms in total. The van der Waals surface area contributed by atoms with E-state index in [9.17, 15) is 4.79 Å². The van der Waals surface area contributed by atoms with E-state index in [1.807, 2.05) is 6.92 Å². The van der Waals surface area contributed by atoms with E-state index in [4.69, 9.17) is 0 Å². The summed E-state index contributed by atoms with van der Waals surface area (Å²) in [6.45, 7) is 10.7. The average molecular weight is 254 g/mol. The average Bonchev–Trinajstić information content (AvgIpc) is 2.31. The minimum Gasteiger partial charge on any atom is -0.352 e. The molecule has 3 unspecified atom stereocenters. The van der Waals surface area contributed by atoms with Gasteiger partial charge in [0.25, 0.3) is 0 Å². The quantitative estimate of drug-likeness (QED) is 0.792. The normalized spacial score (nSPS) is 26.4. The third-order valence-corrected chi connectivity index (χ3v) is 4.35. The maximum absolute atomic E-state index is 12.0. The number of rotatable bonds is 5. The van der Waals surface area contributed by atoms with Crippen molar-refractivity contribution >= 4 is 5.91 Å². The fourth-order valence-electron chi connectivity index (χ4n) is 2.65. The van der Waals surface area contributed by atoms with Crippen LogP contribution in [0.3, 0.4) is 0 Å². The third kappa shape index (κ3) is 4.27. The summed E-state index contributed by atoms with van der Waals surface area (Å²) in [6.07, 6.45) is 6.02. The topological polar surface area (TPSA) is 41.1 Å². The highest BCUT2D eigenvalue weighted by Gasteiger charge is 2.33. The lowest BCUT2D eigenvalue weighted by Crippen LogP contribution is -2.53. The van der Waals surface area contributed by atoms with Gasteiger partial charge >= 0.3 is 0 Å². The van der Waals surface area contributed by atoms with E-state index >= 15 is 0 Å². The number of amides is 1. The van der Waals surface area contributed by atoms with Crippen molar-refractivity contribution in [3.8, 4) is 0 Å². The molecule has 0 aromatic rings. The number of hydrogen-bond donors (Lipinski definition) is 2. The van der Waals surface area contributed by atoms with Crippen LogP contribution in [0.25, 0.3) is 0 Å². The fourth-order valence-corrected chi connectivity index (χ4v) is 2.65. The van der Waals surface area contributed by atoms with Gasteiger partial charge in [0.2, 0.25) is 5.91 Å². The van der Waals surface area contributed by atoms with E-state index in [0.717, 1.165) is 6.42 Å². The van der Waals surface area contributed by atoms with Crippen LogP contribution in [0, 0.1) is 5.41 Å². The summed E-state index contributed by atoms with van der Waals surface area (Å²) in [5, 5.41) is 6.57. The predicted molar refractivity (Wildman–Crippen MR) is 76.5 cm³/mol. The maximum Gasteiger partial charge on any atom is 0.237 e. The molecule has 3 heteroatoms. The summed E-state index contributed by atoms with van der Waals surface area (Å²) in [7, 11) is 0. The number of nitrogens with one attached hydrogen (secondary N) is 2. The minimum atomic E-state index is -0.0959. The van der Waals surface area contributed by atoms with Crippen molar-refractivity contribution in [3.63, 3.8) is 0 Å². The second-order valence-corrected chi connectivity index (χ2v) is 6.49. The summed E-state index contributed by atoms with van der Waals surface area (Å²) in [6, 6.07) is 0.631. The van der Waals surface area contributed by atoms with Crippen LogP contribution >= 0.6 is 0 Å². The molecule has 0 aromatic heterocycles. The van der Waals surface area contributed by atoms with Crippen molar-refractivity contribution < 1.29 is 4.79 Å². The molecule has 106 valence electrons. The number of carbonyl (C=O) groups is 1. The lowest BCUT2D eigenvalue weighted by Gasteiger charge is -2.40. The van der Waals surface area contributed by atoms with Gasteiger partial charge in [0, 0.05) is 12.1 Å². The molecule has 1 aliphatic carbocycles. The first-order chi connectivity index (χ1) is 8.36. The predicted octanol–water partition coefficient (Wildman–Crippen LogP) is 2.85. The maximum atomic E-state index is 12.0. The number of carbonyl (C=O) groups excluding carboxylic acids is 1. The van der Waals surface area contributed by atoms with Gasteiger partial charge in [-0.1, -0.05) is 33.6 Å². The molecule has 1 fully saturated rings. The summed E-state index contributed by atoms with van der Waals surface area (Å²) >= 11 is 0. The van der Waals surface area contributed by atoms with Gasteiger partial charge in [0.1, 0.15) is 0 Å².